The Morgan fingerprint density at radius 2 is 2.04 bits per heavy atom. The number of sulfonamides is 1. The first-order valence-electron chi connectivity index (χ1n) is 8.62. The zero-order chi connectivity index (χ0) is 19.6. The Morgan fingerprint density at radius 3 is 2.74 bits per heavy atom. The van der Waals surface area contributed by atoms with Gasteiger partial charge in [0.25, 0.3) is 5.91 Å². The normalized spacial score (nSPS) is 16.9. The number of benzene rings is 2. The van der Waals surface area contributed by atoms with Crippen LogP contribution in [0.4, 0.5) is 11.4 Å². The SMILES string of the molecule is CCc1ccccc1NC(=O)[C@@H]1CCN(S(C)(=O)=O)c2cc(Cl)ccc2O1. The maximum absolute atomic E-state index is 12.8. The summed E-state index contributed by atoms with van der Waals surface area (Å²) in [5.41, 5.74) is 2.09. The molecule has 0 aliphatic carbocycles. The number of carbonyl (C=O) groups is 1. The standard InChI is InChI=1S/C19H21ClN2O4S/c1-3-13-6-4-5-7-15(13)21-19(23)18-10-11-22(27(2,24)25)16-12-14(20)8-9-17(16)26-18/h4-9,12,18H,3,10-11H2,1-2H3,(H,21,23)/t18-/m0/s1. The predicted molar refractivity (Wildman–Crippen MR) is 107 cm³/mol. The van der Waals surface area contributed by atoms with Crippen LogP contribution < -0.4 is 14.4 Å². The monoisotopic (exact) mass is 408 g/mol. The van der Waals surface area contributed by atoms with Gasteiger partial charge in [0, 0.05) is 23.7 Å². The quantitative estimate of drug-likeness (QED) is 0.840. The Bertz CT molecular complexity index is 962. The highest BCUT2D eigenvalue weighted by molar-refractivity contribution is 7.92. The summed E-state index contributed by atoms with van der Waals surface area (Å²) in [6.45, 7) is 2.14. The third kappa shape index (κ3) is 4.36. The van der Waals surface area contributed by atoms with Gasteiger partial charge in [0.1, 0.15) is 5.75 Å². The maximum Gasteiger partial charge on any atom is 0.265 e. The van der Waals surface area contributed by atoms with Gasteiger partial charge in [-0.15, -0.1) is 0 Å². The van der Waals surface area contributed by atoms with Crippen molar-refractivity contribution in [3.8, 4) is 5.75 Å². The van der Waals surface area contributed by atoms with E-state index in [1.54, 1.807) is 12.1 Å². The fourth-order valence-electron chi connectivity index (χ4n) is 3.05. The van der Waals surface area contributed by atoms with Gasteiger partial charge in [0.2, 0.25) is 10.0 Å². The number of aryl methyl sites for hydroxylation is 1. The maximum atomic E-state index is 12.8. The van der Waals surface area contributed by atoms with E-state index in [2.05, 4.69) is 5.32 Å². The van der Waals surface area contributed by atoms with Crippen LogP contribution in [0.25, 0.3) is 0 Å². The van der Waals surface area contributed by atoms with Gasteiger partial charge >= 0.3 is 0 Å². The lowest BCUT2D eigenvalue weighted by Gasteiger charge is -2.21. The number of hydrogen-bond acceptors (Lipinski definition) is 4. The topological polar surface area (TPSA) is 75.7 Å². The number of anilines is 2. The lowest BCUT2D eigenvalue weighted by atomic mass is 10.1. The number of carbonyl (C=O) groups excluding carboxylic acids is 1. The second kappa shape index (κ2) is 7.78. The van der Waals surface area contributed by atoms with E-state index in [1.807, 2.05) is 31.2 Å². The minimum absolute atomic E-state index is 0.125. The molecule has 0 saturated heterocycles. The minimum atomic E-state index is -3.54. The molecule has 2 aromatic rings. The fourth-order valence-corrected chi connectivity index (χ4v) is 4.15. The second-order valence-electron chi connectivity index (χ2n) is 6.34. The molecular weight excluding hydrogens is 388 g/mol. The fraction of sp³-hybridized carbons (Fsp3) is 0.316. The summed E-state index contributed by atoms with van der Waals surface area (Å²) in [6, 6.07) is 12.3. The number of amides is 1. The van der Waals surface area contributed by atoms with Crippen LogP contribution in [0.1, 0.15) is 18.9 Å². The van der Waals surface area contributed by atoms with Crippen molar-refractivity contribution in [1.82, 2.24) is 0 Å². The predicted octanol–water partition coefficient (Wildman–Crippen LogP) is 3.46. The highest BCUT2D eigenvalue weighted by Crippen LogP contribution is 2.36. The highest BCUT2D eigenvalue weighted by atomic mass is 35.5. The van der Waals surface area contributed by atoms with Crippen LogP contribution in [0.5, 0.6) is 5.75 Å². The summed E-state index contributed by atoms with van der Waals surface area (Å²) in [6.07, 6.45) is 1.31. The van der Waals surface area contributed by atoms with E-state index >= 15 is 0 Å². The molecule has 0 bridgehead atoms. The Morgan fingerprint density at radius 1 is 1.30 bits per heavy atom. The molecule has 0 spiro atoms. The minimum Gasteiger partial charge on any atom is -0.478 e. The number of rotatable bonds is 4. The van der Waals surface area contributed by atoms with E-state index in [9.17, 15) is 13.2 Å². The van der Waals surface area contributed by atoms with E-state index in [4.69, 9.17) is 16.3 Å². The van der Waals surface area contributed by atoms with E-state index in [0.29, 0.717) is 16.5 Å². The largest absolute Gasteiger partial charge is 0.478 e. The third-order valence-corrected chi connectivity index (χ3v) is 5.82. The van der Waals surface area contributed by atoms with Crippen molar-refractivity contribution in [3.63, 3.8) is 0 Å². The van der Waals surface area contributed by atoms with Crippen LogP contribution in [-0.2, 0) is 21.2 Å². The van der Waals surface area contributed by atoms with Crippen LogP contribution in [0.2, 0.25) is 5.02 Å². The molecule has 0 unspecified atom stereocenters. The summed E-state index contributed by atoms with van der Waals surface area (Å²) in [5.74, 6) is -0.00148. The number of fused-ring (bicyclic) bond motifs is 1. The molecule has 0 radical (unpaired) electrons. The van der Waals surface area contributed by atoms with Crippen LogP contribution in [0.3, 0.4) is 0 Å². The molecular formula is C19H21ClN2O4S. The Labute approximate surface area is 164 Å². The van der Waals surface area contributed by atoms with Gasteiger partial charge in [-0.1, -0.05) is 36.7 Å². The average molecular weight is 409 g/mol. The molecule has 1 aliphatic heterocycles. The van der Waals surface area contributed by atoms with Crippen LogP contribution in [0, 0.1) is 0 Å². The Hall–Kier alpha value is -2.25. The van der Waals surface area contributed by atoms with E-state index in [1.165, 1.54) is 10.4 Å². The summed E-state index contributed by atoms with van der Waals surface area (Å²) in [5, 5.41) is 3.29. The van der Waals surface area contributed by atoms with Crippen LogP contribution in [0.15, 0.2) is 42.5 Å². The number of nitrogens with one attached hydrogen (secondary N) is 1. The van der Waals surface area contributed by atoms with Gasteiger partial charge in [0.05, 0.1) is 11.9 Å². The summed E-state index contributed by atoms with van der Waals surface area (Å²) in [7, 11) is -3.54. The molecule has 1 aliphatic rings. The lowest BCUT2D eigenvalue weighted by molar-refractivity contribution is -0.122. The number of para-hydroxylation sites is 1. The molecule has 8 heteroatoms. The molecule has 1 N–H and O–H groups in total. The first-order chi connectivity index (χ1) is 12.8. The lowest BCUT2D eigenvalue weighted by Crippen LogP contribution is -2.36. The third-order valence-electron chi connectivity index (χ3n) is 4.40. The van der Waals surface area contributed by atoms with Gasteiger partial charge in [-0.25, -0.2) is 8.42 Å². The Balaban J connectivity index is 1.89. The first kappa shape index (κ1) is 19.5. The van der Waals surface area contributed by atoms with Crippen molar-refractivity contribution in [2.75, 3.05) is 22.4 Å². The first-order valence-corrected chi connectivity index (χ1v) is 10.8. The van der Waals surface area contributed by atoms with Crippen molar-refractivity contribution < 1.29 is 17.9 Å². The van der Waals surface area contributed by atoms with Crippen molar-refractivity contribution >= 4 is 38.9 Å². The molecule has 27 heavy (non-hydrogen) atoms. The van der Waals surface area contributed by atoms with Crippen molar-refractivity contribution in [2.45, 2.75) is 25.9 Å². The van der Waals surface area contributed by atoms with Gasteiger partial charge in [-0.05, 0) is 36.2 Å². The van der Waals surface area contributed by atoms with Gasteiger partial charge in [-0.2, -0.15) is 0 Å². The molecule has 1 amide bonds. The Kier molecular flexibility index (Phi) is 5.62. The molecule has 1 heterocycles. The average Bonchev–Trinajstić information content (AvgIpc) is 2.81. The van der Waals surface area contributed by atoms with E-state index in [-0.39, 0.29) is 18.9 Å². The van der Waals surface area contributed by atoms with E-state index in [0.717, 1.165) is 23.9 Å². The summed E-state index contributed by atoms with van der Waals surface area (Å²) in [4.78, 5) is 12.8. The number of halogens is 1. The zero-order valence-electron chi connectivity index (χ0n) is 15.1. The van der Waals surface area contributed by atoms with Crippen molar-refractivity contribution in [1.29, 1.82) is 0 Å². The molecule has 2 aromatic carbocycles. The molecule has 0 aromatic heterocycles. The van der Waals surface area contributed by atoms with Crippen LogP contribution >= 0.6 is 11.6 Å². The number of nitrogens with zero attached hydrogens (tertiary/aromatic N) is 1. The summed E-state index contributed by atoms with van der Waals surface area (Å²) < 4.78 is 31.5. The summed E-state index contributed by atoms with van der Waals surface area (Å²) >= 11 is 6.03. The van der Waals surface area contributed by atoms with Gasteiger partial charge in [0.15, 0.2) is 6.10 Å². The van der Waals surface area contributed by atoms with Crippen LogP contribution in [-0.4, -0.2) is 33.2 Å². The molecule has 0 saturated carbocycles. The van der Waals surface area contributed by atoms with Gasteiger partial charge in [-0.3, -0.25) is 9.10 Å². The molecule has 3 rings (SSSR count). The molecule has 144 valence electrons. The number of ether oxygens (including phenoxy) is 1. The molecule has 6 nitrogen and oxygen atoms in total. The molecule has 0 fully saturated rings. The highest BCUT2D eigenvalue weighted by Gasteiger charge is 2.31. The molecule has 1 atom stereocenters. The second-order valence-corrected chi connectivity index (χ2v) is 8.69. The van der Waals surface area contributed by atoms with E-state index < -0.39 is 16.1 Å². The zero-order valence-corrected chi connectivity index (χ0v) is 16.7. The number of hydrogen-bond donors (Lipinski definition) is 1. The van der Waals surface area contributed by atoms with Crippen molar-refractivity contribution in [3.05, 3.63) is 53.1 Å². The van der Waals surface area contributed by atoms with Gasteiger partial charge < -0.3 is 10.1 Å². The smallest absolute Gasteiger partial charge is 0.265 e. The van der Waals surface area contributed by atoms with Crippen molar-refractivity contribution in [2.24, 2.45) is 0 Å².